The third-order valence-corrected chi connectivity index (χ3v) is 4.86. The van der Waals surface area contributed by atoms with Crippen LogP contribution < -0.4 is 0 Å². The lowest BCUT2D eigenvalue weighted by Gasteiger charge is -2.11. The number of rotatable bonds is 2. The molecule has 1 saturated carbocycles. The summed E-state index contributed by atoms with van der Waals surface area (Å²) in [5.41, 5.74) is 0.536. The van der Waals surface area contributed by atoms with Gasteiger partial charge in [-0.2, -0.15) is 0 Å². The molecule has 1 aliphatic carbocycles. The number of nitrogens with zero attached hydrogens (tertiary/aromatic N) is 2. The molecule has 21 heavy (non-hydrogen) atoms. The van der Waals surface area contributed by atoms with Gasteiger partial charge in [-0.1, -0.05) is 0 Å². The number of hydrogen-bond donors (Lipinski definition) is 0. The molecule has 0 spiro atoms. The smallest absolute Gasteiger partial charge is 0.420 e. The van der Waals surface area contributed by atoms with Crippen LogP contribution in [0.25, 0.3) is 10.2 Å². The van der Waals surface area contributed by atoms with Gasteiger partial charge in [0.05, 0.1) is 15.1 Å². The number of benzene rings is 1. The van der Waals surface area contributed by atoms with Crippen LogP contribution in [0.4, 0.5) is 10.5 Å². The summed E-state index contributed by atoms with van der Waals surface area (Å²) in [6, 6.07) is 4.33. The summed E-state index contributed by atoms with van der Waals surface area (Å²) in [4.78, 5) is 22.6. The highest BCUT2D eigenvalue weighted by atomic mass is 32.1. The minimum atomic E-state index is -0.494. The van der Waals surface area contributed by atoms with E-state index >= 15 is 0 Å². The van der Waals surface area contributed by atoms with Gasteiger partial charge in [-0.05, 0) is 44.0 Å². The number of aromatic nitrogens is 1. The second-order valence-corrected chi connectivity index (χ2v) is 6.58. The van der Waals surface area contributed by atoms with Crippen molar-refractivity contribution >= 4 is 45.6 Å². The molecule has 0 radical (unpaired) electrons. The number of ether oxygens (including phenoxy) is 1. The molecule has 0 saturated heterocycles. The van der Waals surface area contributed by atoms with Gasteiger partial charge in [0.1, 0.15) is 6.10 Å². The Morgan fingerprint density at radius 2 is 2.14 bits per heavy atom. The molecule has 6 nitrogen and oxygen atoms in total. The Morgan fingerprint density at radius 3 is 2.81 bits per heavy atom. The molecule has 0 unspecified atom stereocenters. The fourth-order valence-corrected chi connectivity index (χ4v) is 3.83. The van der Waals surface area contributed by atoms with Gasteiger partial charge in [0.15, 0.2) is 3.95 Å². The van der Waals surface area contributed by atoms with Crippen LogP contribution in [0, 0.1) is 14.1 Å². The molecule has 0 aliphatic heterocycles. The number of nitro benzene ring substituents is 1. The monoisotopic (exact) mass is 324 g/mol. The van der Waals surface area contributed by atoms with Crippen LogP contribution in [0.1, 0.15) is 25.7 Å². The number of non-ortho nitro benzene ring substituents is 1. The van der Waals surface area contributed by atoms with Crippen LogP contribution in [-0.4, -0.2) is 21.7 Å². The standard InChI is InChI=1S/C13H12N2O4S2/c16-12(19-9-3-1-2-4-9)14-10-6-5-8(15(17)18)7-11(10)21-13(14)20/h5-7,9H,1-4H2. The van der Waals surface area contributed by atoms with Crippen molar-refractivity contribution in [3.05, 3.63) is 32.3 Å². The molecule has 1 fully saturated rings. The quantitative estimate of drug-likeness (QED) is 0.468. The maximum absolute atomic E-state index is 12.3. The van der Waals surface area contributed by atoms with Crippen LogP contribution in [0.15, 0.2) is 18.2 Å². The number of thiazole rings is 1. The van der Waals surface area contributed by atoms with Crippen LogP contribution in [0.3, 0.4) is 0 Å². The number of carbonyl (C=O) groups excluding carboxylic acids is 1. The fourth-order valence-electron chi connectivity index (χ4n) is 2.50. The van der Waals surface area contributed by atoms with Gasteiger partial charge in [-0.15, -0.1) is 11.3 Å². The molecule has 110 valence electrons. The molecule has 3 rings (SSSR count). The number of fused-ring (bicyclic) bond motifs is 1. The van der Waals surface area contributed by atoms with E-state index in [0.29, 0.717) is 14.2 Å². The Kier molecular flexibility index (Phi) is 3.73. The van der Waals surface area contributed by atoms with Crippen LogP contribution in [-0.2, 0) is 4.74 Å². The lowest BCUT2D eigenvalue weighted by molar-refractivity contribution is -0.384. The van der Waals surface area contributed by atoms with E-state index in [0.717, 1.165) is 25.7 Å². The van der Waals surface area contributed by atoms with Crippen molar-refractivity contribution < 1.29 is 14.5 Å². The summed E-state index contributed by atoms with van der Waals surface area (Å²) < 4.78 is 7.72. The van der Waals surface area contributed by atoms with E-state index in [9.17, 15) is 14.9 Å². The third-order valence-electron chi connectivity index (χ3n) is 3.53. The van der Waals surface area contributed by atoms with Gasteiger partial charge < -0.3 is 4.74 Å². The van der Waals surface area contributed by atoms with Crippen molar-refractivity contribution in [3.63, 3.8) is 0 Å². The first-order valence-corrected chi connectivity index (χ1v) is 7.80. The normalized spacial score (nSPS) is 15.4. The summed E-state index contributed by atoms with van der Waals surface area (Å²) in [6.07, 6.45) is 3.36. The Balaban J connectivity index is 1.97. The van der Waals surface area contributed by atoms with Gasteiger partial charge in [0.2, 0.25) is 0 Å². The minimum absolute atomic E-state index is 0.0185. The van der Waals surface area contributed by atoms with Crippen molar-refractivity contribution in [2.75, 3.05) is 0 Å². The topological polar surface area (TPSA) is 74.4 Å². The Morgan fingerprint density at radius 1 is 1.43 bits per heavy atom. The summed E-state index contributed by atoms with van der Waals surface area (Å²) >= 11 is 6.36. The maximum Gasteiger partial charge on any atom is 0.420 e. The van der Waals surface area contributed by atoms with Crippen molar-refractivity contribution in [1.82, 2.24) is 4.57 Å². The summed E-state index contributed by atoms with van der Waals surface area (Å²) in [5, 5.41) is 10.8. The molecule has 0 atom stereocenters. The predicted octanol–water partition coefficient (Wildman–Crippen LogP) is 4.27. The van der Waals surface area contributed by atoms with E-state index in [2.05, 4.69) is 0 Å². The third kappa shape index (κ3) is 2.68. The van der Waals surface area contributed by atoms with Crippen molar-refractivity contribution in [1.29, 1.82) is 0 Å². The lowest BCUT2D eigenvalue weighted by Crippen LogP contribution is -2.19. The van der Waals surface area contributed by atoms with Crippen LogP contribution >= 0.6 is 23.6 Å². The van der Waals surface area contributed by atoms with Gasteiger partial charge in [-0.25, -0.2) is 9.36 Å². The van der Waals surface area contributed by atoms with Gasteiger partial charge in [0, 0.05) is 12.1 Å². The Hall–Kier alpha value is -1.80. The van der Waals surface area contributed by atoms with E-state index in [1.807, 2.05) is 0 Å². The van der Waals surface area contributed by atoms with E-state index in [1.54, 1.807) is 0 Å². The highest BCUT2D eigenvalue weighted by Crippen LogP contribution is 2.28. The summed E-state index contributed by atoms with van der Waals surface area (Å²) in [5.74, 6) is 0. The summed E-state index contributed by atoms with van der Waals surface area (Å²) in [7, 11) is 0. The highest BCUT2D eigenvalue weighted by molar-refractivity contribution is 7.73. The van der Waals surface area contributed by atoms with Crippen molar-refractivity contribution in [2.45, 2.75) is 31.8 Å². The summed E-state index contributed by atoms with van der Waals surface area (Å²) in [6.45, 7) is 0. The Labute approximate surface area is 129 Å². The van der Waals surface area contributed by atoms with Gasteiger partial charge >= 0.3 is 6.09 Å². The van der Waals surface area contributed by atoms with E-state index in [1.165, 1.54) is 34.1 Å². The van der Waals surface area contributed by atoms with E-state index < -0.39 is 11.0 Å². The fraction of sp³-hybridized carbons (Fsp3) is 0.385. The first kappa shape index (κ1) is 14.2. The van der Waals surface area contributed by atoms with Gasteiger partial charge in [-0.3, -0.25) is 10.1 Å². The molecule has 0 N–H and O–H groups in total. The molecule has 0 amide bonds. The Bertz CT molecular complexity index is 774. The number of carbonyl (C=O) groups is 1. The first-order chi connectivity index (χ1) is 10.1. The molecule has 1 aromatic heterocycles. The largest absolute Gasteiger partial charge is 0.446 e. The molecule has 1 heterocycles. The molecular weight excluding hydrogens is 312 g/mol. The average Bonchev–Trinajstić information content (AvgIpc) is 3.03. The van der Waals surface area contributed by atoms with Crippen LogP contribution in [0.5, 0.6) is 0 Å². The maximum atomic E-state index is 12.3. The second kappa shape index (κ2) is 5.53. The average molecular weight is 324 g/mol. The van der Waals surface area contributed by atoms with Gasteiger partial charge in [0.25, 0.3) is 5.69 Å². The van der Waals surface area contributed by atoms with Crippen LogP contribution in [0.2, 0.25) is 0 Å². The first-order valence-electron chi connectivity index (χ1n) is 6.57. The zero-order valence-corrected chi connectivity index (χ0v) is 12.6. The molecule has 8 heteroatoms. The molecule has 0 bridgehead atoms. The minimum Gasteiger partial charge on any atom is -0.446 e. The van der Waals surface area contributed by atoms with E-state index in [4.69, 9.17) is 17.0 Å². The zero-order chi connectivity index (χ0) is 15.0. The molecular formula is C13H12N2O4S2. The molecule has 1 aliphatic rings. The number of nitro groups is 1. The lowest BCUT2D eigenvalue weighted by atomic mass is 10.3. The molecule has 1 aromatic carbocycles. The van der Waals surface area contributed by atoms with Crippen molar-refractivity contribution in [3.8, 4) is 0 Å². The molecule has 2 aromatic rings. The predicted molar refractivity (Wildman–Crippen MR) is 81.4 cm³/mol. The van der Waals surface area contributed by atoms with E-state index in [-0.39, 0.29) is 11.8 Å². The zero-order valence-electron chi connectivity index (χ0n) is 11.0. The number of hydrogen-bond acceptors (Lipinski definition) is 6. The SMILES string of the molecule is O=C(OC1CCCC1)n1c(=S)sc2cc([N+](=O)[O-])ccc21. The van der Waals surface area contributed by atoms with Crippen molar-refractivity contribution in [2.24, 2.45) is 0 Å². The second-order valence-electron chi connectivity index (χ2n) is 4.90. The highest BCUT2D eigenvalue weighted by Gasteiger charge is 2.22.